The fourth-order valence-electron chi connectivity index (χ4n) is 2.94. The van der Waals surface area contributed by atoms with Gasteiger partial charge in [0, 0.05) is 24.7 Å². The van der Waals surface area contributed by atoms with Gasteiger partial charge in [-0.25, -0.2) is 0 Å². The molecule has 3 nitrogen and oxygen atoms in total. The van der Waals surface area contributed by atoms with Crippen molar-refractivity contribution in [3.8, 4) is 0 Å². The van der Waals surface area contributed by atoms with Crippen LogP contribution >= 0.6 is 0 Å². The quantitative estimate of drug-likeness (QED) is 0.772. The number of nitrogens with one attached hydrogen (secondary N) is 1. The molecule has 1 heterocycles. The Balaban J connectivity index is 2.67. The summed E-state index contributed by atoms with van der Waals surface area (Å²) in [5.41, 5.74) is 0.202. The van der Waals surface area contributed by atoms with Crippen LogP contribution in [0.3, 0.4) is 0 Å². The summed E-state index contributed by atoms with van der Waals surface area (Å²) in [4.78, 5) is 2.57. The summed E-state index contributed by atoms with van der Waals surface area (Å²) >= 11 is 0. The maximum Gasteiger partial charge on any atom is 0.0594 e. The van der Waals surface area contributed by atoms with Gasteiger partial charge >= 0.3 is 0 Å². The lowest BCUT2D eigenvalue weighted by atomic mass is 9.84. The summed E-state index contributed by atoms with van der Waals surface area (Å²) in [7, 11) is 0. The Morgan fingerprint density at radius 1 is 1.24 bits per heavy atom. The van der Waals surface area contributed by atoms with Crippen LogP contribution in [0.5, 0.6) is 0 Å². The molecule has 1 saturated heterocycles. The summed E-state index contributed by atoms with van der Waals surface area (Å²) < 4.78 is 5.45. The summed E-state index contributed by atoms with van der Waals surface area (Å²) in [6.07, 6.45) is 1.20. The maximum absolute atomic E-state index is 5.45. The molecule has 1 rings (SSSR count). The topological polar surface area (TPSA) is 24.5 Å². The van der Waals surface area contributed by atoms with E-state index in [4.69, 9.17) is 4.74 Å². The van der Waals surface area contributed by atoms with Gasteiger partial charge in [0.1, 0.15) is 0 Å². The smallest absolute Gasteiger partial charge is 0.0594 e. The van der Waals surface area contributed by atoms with Crippen molar-refractivity contribution in [2.75, 3.05) is 32.8 Å². The average molecular weight is 242 g/mol. The SMILES string of the molecule is CCCNC(C(C)C)C(C)(C)N1CCOCC1. The lowest BCUT2D eigenvalue weighted by Crippen LogP contribution is -2.62. The van der Waals surface area contributed by atoms with E-state index in [-0.39, 0.29) is 5.54 Å². The summed E-state index contributed by atoms with van der Waals surface area (Å²) in [6.45, 7) is 16.6. The van der Waals surface area contributed by atoms with Crippen molar-refractivity contribution in [1.82, 2.24) is 10.2 Å². The van der Waals surface area contributed by atoms with Gasteiger partial charge in [0.05, 0.1) is 13.2 Å². The minimum atomic E-state index is 0.202. The summed E-state index contributed by atoms with van der Waals surface area (Å²) in [5.74, 6) is 0.652. The molecule has 0 aromatic heterocycles. The molecule has 1 unspecified atom stereocenters. The first kappa shape index (κ1) is 14.9. The van der Waals surface area contributed by atoms with Crippen LogP contribution in [-0.4, -0.2) is 49.3 Å². The maximum atomic E-state index is 5.45. The number of hydrogen-bond acceptors (Lipinski definition) is 3. The minimum absolute atomic E-state index is 0.202. The highest BCUT2D eigenvalue weighted by Gasteiger charge is 2.37. The average Bonchev–Trinajstić information content (AvgIpc) is 2.30. The molecule has 0 aromatic rings. The molecule has 1 aliphatic rings. The molecule has 1 atom stereocenters. The number of ether oxygens (including phenoxy) is 1. The van der Waals surface area contributed by atoms with Crippen molar-refractivity contribution in [2.45, 2.75) is 52.6 Å². The Bertz CT molecular complexity index is 210. The zero-order valence-electron chi connectivity index (χ0n) is 12.3. The zero-order valence-corrected chi connectivity index (χ0v) is 12.3. The van der Waals surface area contributed by atoms with Gasteiger partial charge in [-0.05, 0) is 32.7 Å². The van der Waals surface area contributed by atoms with Crippen LogP contribution in [-0.2, 0) is 4.74 Å². The van der Waals surface area contributed by atoms with E-state index >= 15 is 0 Å². The molecule has 102 valence electrons. The molecule has 0 saturated carbocycles. The molecule has 0 radical (unpaired) electrons. The van der Waals surface area contributed by atoms with Gasteiger partial charge in [0.25, 0.3) is 0 Å². The summed E-state index contributed by atoms with van der Waals surface area (Å²) in [6, 6.07) is 0.542. The molecule has 1 fully saturated rings. The second-order valence-corrected chi connectivity index (χ2v) is 5.93. The number of morpholine rings is 1. The number of hydrogen-bond donors (Lipinski definition) is 1. The van der Waals surface area contributed by atoms with Crippen LogP contribution in [0.25, 0.3) is 0 Å². The van der Waals surface area contributed by atoms with Crippen LogP contribution < -0.4 is 5.32 Å². The van der Waals surface area contributed by atoms with Crippen molar-refractivity contribution < 1.29 is 4.74 Å². The largest absolute Gasteiger partial charge is 0.379 e. The van der Waals surface area contributed by atoms with E-state index < -0.39 is 0 Å². The van der Waals surface area contributed by atoms with E-state index in [0.717, 1.165) is 32.8 Å². The van der Waals surface area contributed by atoms with Crippen LogP contribution in [0, 0.1) is 5.92 Å². The number of nitrogens with zero attached hydrogens (tertiary/aromatic N) is 1. The van der Waals surface area contributed by atoms with Crippen LogP contribution in [0.4, 0.5) is 0 Å². The molecule has 0 aromatic carbocycles. The molecule has 3 heteroatoms. The first-order valence-corrected chi connectivity index (χ1v) is 7.06. The van der Waals surface area contributed by atoms with E-state index in [1.54, 1.807) is 0 Å². The molecule has 1 aliphatic heterocycles. The van der Waals surface area contributed by atoms with Crippen molar-refractivity contribution >= 4 is 0 Å². The third kappa shape index (κ3) is 3.94. The molecule has 0 bridgehead atoms. The second-order valence-electron chi connectivity index (χ2n) is 5.93. The van der Waals surface area contributed by atoms with Crippen LogP contribution in [0.2, 0.25) is 0 Å². The molecule has 0 aliphatic carbocycles. The van der Waals surface area contributed by atoms with Crippen molar-refractivity contribution in [2.24, 2.45) is 5.92 Å². The molecule has 0 amide bonds. The monoisotopic (exact) mass is 242 g/mol. The van der Waals surface area contributed by atoms with Gasteiger partial charge in [0.2, 0.25) is 0 Å². The number of rotatable bonds is 6. The summed E-state index contributed by atoms with van der Waals surface area (Å²) in [5, 5.41) is 3.72. The second kappa shape index (κ2) is 6.72. The van der Waals surface area contributed by atoms with E-state index in [0.29, 0.717) is 12.0 Å². The van der Waals surface area contributed by atoms with Crippen molar-refractivity contribution in [3.63, 3.8) is 0 Å². The van der Waals surface area contributed by atoms with Crippen molar-refractivity contribution in [1.29, 1.82) is 0 Å². The fraction of sp³-hybridized carbons (Fsp3) is 1.00. The Morgan fingerprint density at radius 2 is 1.82 bits per heavy atom. The minimum Gasteiger partial charge on any atom is -0.379 e. The Kier molecular flexibility index (Phi) is 5.90. The lowest BCUT2D eigenvalue weighted by Gasteiger charge is -2.47. The lowest BCUT2D eigenvalue weighted by molar-refractivity contribution is -0.0294. The first-order chi connectivity index (χ1) is 8.00. The van der Waals surface area contributed by atoms with Crippen molar-refractivity contribution in [3.05, 3.63) is 0 Å². The standard InChI is InChI=1S/C14H30N2O/c1-6-7-15-13(12(2)3)14(4,5)16-8-10-17-11-9-16/h12-13,15H,6-11H2,1-5H3. The van der Waals surface area contributed by atoms with E-state index in [2.05, 4.69) is 44.8 Å². The molecule has 1 N–H and O–H groups in total. The highest BCUT2D eigenvalue weighted by Crippen LogP contribution is 2.25. The molecule has 17 heavy (non-hydrogen) atoms. The third-order valence-corrected chi connectivity index (χ3v) is 3.87. The Labute approximate surface area is 107 Å². The fourth-order valence-corrected chi connectivity index (χ4v) is 2.94. The van der Waals surface area contributed by atoms with E-state index in [9.17, 15) is 0 Å². The normalized spacial score (nSPS) is 20.8. The zero-order chi connectivity index (χ0) is 12.9. The van der Waals surface area contributed by atoms with Gasteiger partial charge in [-0.15, -0.1) is 0 Å². The molecular weight excluding hydrogens is 212 g/mol. The van der Waals surface area contributed by atoms with Crippen LogP contribution in [0.1, 0.15) is 41.0 Å². The van der Waals surface area contributed by atoms with Crippen LogP contribution in [0.15, 0.2) is 0 Å². The molecule has 0 spiro atoms. The van der Waals surface area contributed by atoms with Gasteiger partial charge in [-0.2, -0.15) is 0 Å². The Hall–Kier alpha value is -0.120. The van der Waals surface area contributed by atoms with Gasteiger partial charge in [-0.3, -0.25) is 4.90 Å². The first-order valence-electron chi connectivity index (χ1n) is 7.06. The predicted octanol–water partition coefficient (Wildman–Crippen LogP) is 2.12. The molecular formula is C14H30N2O. The highest BCUT2D eigenvalue weighted by molar-refractivity contribution is 4.95. The highest BCUT2D eigenvalue weighted by atomic mass is 16.5. The van der Waals surface area contributed by atoms with E-state index in [1.807, 2.05) is 0 Å². The van der Waals surface area contributed by atoms with Gasteiger partial charge in [-0.1, -0.05) is 20.8 Å². The van der Waals surface area contributed by atoms with E-state index in [1.165, 1.54) is 6.42 Å². The Morgan fingerprint density at radius 3 is 2.29 bits per heavy atom. The van der Waals surface area contributed by atoms with Gasteiger partial charge in [0.15, 0.2) is 0 Å². The van der Waals surface area contributed by atoms with Gasteiger partial charge < -0.3 is 10.1 Å². The third-order valence-electron chi connectivity index (χ3n) is 3.87. The predicted molar refractivity (Wildman–Crippen MR) is 73.4 cm³/mol.